The molecular formula is C21H17ClN4O2. The zero-order valence-electron chi connectivity index (χ0n) is 14.9. The maximum atomic E-state index is 12.6. The maximum Gasteiger partial charge on any atom is 0.270 e. The van der Waals surface area contributed by atoms with Crippen LogP contribution in [0.3, 0.4) is 0 Å². The molecule has 2 N–H and O–H groups in total. The maximum absolute atomic E-state index is 12.6. The molecule has 6 nitrogen and oxygen atoms in total. The van der Waals surface area contributed by atoms with Gasteiger partial charge in [0.15, 0.2) is 0 Å². The van der Waals surface area contributed by atoms with Gasteiger partial charge in [-0.15, -0.1) is 0 Å². The molecule has 28 heavy (non-hydrogen) atoms. The van der Waals surface area contributed by atoms with Crippen LogP contribution in [-0.4, -0.2) is 27.8 Å². The third kappa shape index (κ3) is 4.35. The van der Waals surface area contributed by atoms with Crippen LogP contribution in [0, 0.1) is 0 Å². The third-order valence-corrected chi connectivity index (χ3v) is 4.56. The second-order valence-corrected chi connectivity index (χ2v) is 7.04. The van der Waals surface area contributed by atoms with E-state index >= 15 is 0 Å². The summed E-state index contributed by atoms with van der Waals surface area (Å²) < 4.78 is 0. The number of carbonyl (C=O) groups is 2. The Morgan fingerprint density at radius 3 is 2.64 bits per heavy atom. The van der Waals surface area contributed by atoms with Crippen molar-refractivity contribution in [3.63, 3.8) is 0 Å². The van der Waals surface area contributed by atoms with Gasteiger partial charge in [0.05, 0.1) is 11.9 Å². The monoisotopic (exact) mass is 392 g/mol. The molecule has 140 valence electrons. The molecule has 2 aromatic heterocycles. The van der Waals surface area contributed by atoms with Gasteiger partial charge in [0.2, 0.25) is 0 Å². The van der Waals surface area contributed by atoms with Gasteiger partial charge in [-0.1, -0.05) is 23.7 Å². The summed E-state index contributed by atoms with van der Waals surface area (Å²) in [7, 11) is 0. The minimum Gasteiger partial charge on any atom is -0.348 e. The number of aromatic nitrogens is 2. The topological polar surface area (TPSA) is 84.0 Å². The van der Waals surface area contributed by atoms with E-state index in [1.165, 1.54) is 12.3 Å². The average Bonchev–Trinajstić information content (AvgIpc) is 3.52. The predicted molar refractivity (Wildman–Crippen MR) is 107 cm³/mol. The van der Waals surface area contributed by atoms with Gasteiger partial charge >= 0.3 is 0 Å². The lowest BCUT2D eigenvalue weighted by molar-refractivity contribution is 0.0946. The molecule has 0 unspecified atom stereocenters. The van der Waals surface area contributed by atoms with Crippen molar-refractivity contribution in [3.8, 4) is 11.1 Å². The van der Waals surface area contributed by atoms with Gasteiger partial charge in [-0.25, -0.2) is 0 Å². The minimum absolute atomic E-state index is 0.227. The van der Waals surface area contributed by atoms with Crippen molar-refractivity contribution in [2.75, 3.05) is 5.32 Å². The second kappa shape index (κ2) is 7.78. The number of halogens is 1. The highest BCUT2D eigenvalue weighted by molar-refractivity contribution is 6.30. The molecule has 1 aliphatic carbocycles. The van der Waals surface area contributed by atoms with Crippen LogP contribution in [0.2, 0.25) is 5.02 Å². The minimum atomic E-state index is -0.340. The van der Waals surface area contributed by atoms with Crippen LogP contribution in [-0.2, 0) is 0 Å². The van der Waals surface area contributed by atoms with Crippen molar-refractivity contribution in [3.05, 3.63) is 77.3 Å². The zero-order chi connectivity index (χ0) is 19.5. The molecule has 1 aromatic carbocycles. The number of nitrogens with one attached hydrogen (secondary N) is 2. The smallest absolute Gasteiger partial charge is 0.270 e. The van der Waals surface area contributed by atoms with Crippen molar-refractivity contribution in [2.45, 2.75) is 18.9 Å². The fourth-order valence-electron chi connectivity index (χ4n) is 2.72. The first-order valence-electron chi connectivity index (χ1n) is 8.88. The first-order chi connectivity index (χ1) is 13.6. The third-order valence-electron chi connectivity index (χ3n) is 4.32. The molecular weight excluding hydrogens is 376 g/mol. The summed E-state index contributed by atoms with van der Waals surface area (Å²) in [5.74, 6) is -0.602. The summed E-state index contributed by atoms with van der Waals surface area (Å²) in [5, 5.41) is 6.30. The molecule has 0 spiro atoms. The molecule has 2 heterocycles. The van der Waals surface area contributed by atoms with Crippen molar-refractivity contribution in [1.82, 2.24) is 15.3 Å². The lowest BCUT2D eigenvalue weighted by atomic mass is 10.1. The molecule has 1 aliphatic rings. The van der Waals surface area contributed by atoms with Crippen LogP contribution in [0.15, 0.2) is 61.1 Å². The standard InChI is InChI=1S/C21H17ClN4O2/c22-16-3-1-2-13(8-16)15-9-18(12-23-11-15)26-20(27)14-6-7-24-19(10-14)21(28)25-17-4-5-17/h1-3,6-12,17H,4-5H2,(H,25,28)(H,26,27). The molecule has 1 fully saturated rings. The van der Waals surface area contributed by atoms with E-state index in [0.717, 1.165) is 24.0 Å². The molecule has 3 aromatic rings. The Balaban J connectivity index is 1.51. The van der Waals surface area contributed by atoms with Crippen molar-refractivity contribution in [1.29, 1.82) is 0 Å². The summed E-state index contributed by atoms with van der Waals surface area (Å²) in [4.78, 5) is 33.0. The van der Waals surface area contributed by atoms with Gasteiger partial charge in [-0.05, 0) is 48.7 Å². The molecule has 0 atom stereocenters. The van der Waals surface area contributed by atoms with Gasteiger partial charge in [0, 0.05) is 34.6 Å². The lowest BCUT2D eigenvalue weighted by Crippen LogP contribution is -2.26. The van der Waals surface area contributed by atoms with E-state index in [1.54, 1.807) is 24.5 Å². The number of anilines is 1. The molecule has 0 aliphatic heterocycles. The molecule has 7 heteroatoms. The van der Waals surface area contributed by atoms with E-state index < -0.39 is 0 Å². The highest BCUT2D eigenvalue weighted by Crippen LogP contribution is 2.24. The lowest BCUT2D eigenvalue weighted by Gasteiger charge is -2.08. The Kier molecular flexibility index (Phi) is 5.04. The van der Waals surface area contributed by atoms with Crippen LogP contribution < -0.4 is 10.6 Å². The fraction of sp³-hybridized carbons (Fsp3) is 0.143. The molecule has 0 saturated heterocycles. The van der Waals surface area contributed by atoms with Crippen molar-refractivity contribution < 1.29 is 9.59 Å². The van der Waals surface area contributed by atoms with E-state index in [1.807, 2.05) is 24.3 Å². The largest absolute Gasteiger partial charge is 0.348 e. The summed E-state index contributed by atoms with van der Waals surface area (Å²) >= 11 is 6.05. The van der Waals surface area contributed by atoms with Crippen LogP contribution in [0.5, 0.6) is 0 Å². The highest BCUT2D eigenvalue weighted by Gasteiger charge is 2.24. The van der Waals surface area contributed by atoms with E-state index in [0.29, 0.717) is 16.3 Å². The number of amides is 2. The van der Waals surface area contributed by atoms with Crippen LogP contribution in [0.4, 0.5) is 5.69 Å². The Morgan fingerprint density at radius 1 is 1.00 bits per heavy atom. The molecule has 0 radical (unpaired) electrons. The summed E-state index contributed by atoms with van der Waals surface area (Å²) in [5.41, 5.74) is 2.86. The average molecular weight is 393 g/mol. The Bertz CT molecular complexity index is 1050. The Morgan fingerprint density at radius 2 is 1.86 bits per heavy atom. The number of rotatable bonds is 5. The van der Waals surface area contributed by atoms with Gasteiger partial charge in [0.1, 0.15) is 5.69 Å². The summed E-state index contributed by atoms with van der Waals surface area (Å²) in [6.07, 6.45) is 6.70. The quantitative estimate of drug-likeness (QED) is 0.688. The van der Waals surface area contributed by atoms with Gasteiger partial charge in [-0.3, -0.25) is 19.6 Å². The van der Waals surface area contributed by atoms with E-state index in [2.05, 4.69) is 20.6 Å². The summed E-state index contributed by atoms with van der Waals surface area (Å²) in [6.45, 7) is 0. The first-order valence-corrected chi connectivity index (χ1v) is 9.25. The van der Waals surface area contributed by atoms with Crippen molar-refractivity contribution in [2.24, 2.45) is 0 Å². The second-order valence-electron chi connectivity index (χ2n) is 6.60. The number of hydrogen-bond acceptors (Lipinski definition) is 4. The fourth-order valence-corrected chi connectivity index (χ4v) is 2.91. The molecule has 0 bridgehead atoms. The van der Waals surface area contributed by atoms with Gasteiger partial charge in [-0.2, -0.15) is 0 Å². The number of pyridine rings is 2. The predicted octanol–water partition coefficient (Wildman–Crippen LogP) is 3.94. The zero-order valence-corrected chi connectivity index (χ0v) is 15.6. The van der Waals surface area contributed by atoms with Crippen molar-refractivity contribution >= 4 is 29.1 Å². The van der Waals surface area contributed by atoms with Crippen LogP contribution in [0.25, 0.3) is 11.1 Å². The number of carbonyl (C=O) groups excluding carboxylic acids is 2. The SMILES string of the molecule is O=C(Nc1cncc(-c2cccc(Cl)c2)c1)c1ccnc(C(=O)NC2CC2)c1. The van der Waals surface area contributed by atoms with E-state index in [4.69, 9.17) is 11.6 Å². The molecule has 2 amide bonds. The number of benzene rings is 1. The number of hydrogen-bond donors (Lipinski definition) is 2. The van der Waals surface area contributed by atoms with E-state index in [-0.39, 0.29) is 23.6 Å². The molecule has 1 saturated carbocycles. The first kappa shape index (κ1) is 18.1. The Labute approximate surface area is 167 Å². The van der Waals surface area contributed by atoms with Crippen LogP contribution >= 0.6 is 11.6 Å². The number of nitrogens with zero attached hydrogens (tertiary/aromatic N) is 2. The van der Waals surface area contributed by atoms with Crippen LogP contribution in [0.1, 0.15) is 33.7 Å². The summed E-state index contributed by atoms with van der Waals surface area (Å²) in [6, 6.07) is 12.5. The Hall–Kier alpha value is -3.25. The molecule has 4 rings (SSSR count). The van der Waals surface area contributed by atoms with E-state index in [9.17, 15) is 9.59 Å². The normalized spacial score (nSPS) is 13.0. The van der Waals surface area contributed by atoms with Gasteiger partial charge < -0.3 is 10.6 Å². The highest BCUT2D eigenvalue weighted by atomic mass is 35.5. The van der Waals surface area contributed by atoms with Gasteiger partial charge in [0.25, 0.3) is 11.8 Å².